The molecule has 1 amide bonds. The number of para-hydroxylation sites is 1. The SMILES string of the molecule is CC(C)NC(=O)C(C)Sc1nc2ccccc2c(=O)n1CCC1=CCCCC1. The Kier molecular flexibility index (Phi) is 6.94. The van der Waals surface area contributed by atoms with E-state index in [4.69, 9.17) is 4.98 Å². The summed E-state index contributed by atoms with van der Waals surface area (Å²) in [5.74, 6) is -0.0380. The van der Waals surface area contributed by atoms with Crippen molar-refractivity contribution in [3.05, 3.63) is 46.3 Å². The minimum absolute atomic E-state index is 0.0269. The number of hydrogen-bond acceptors (Lipinski definition) is 4. The third-order valence-electron chi connectivity index (χ3n) is 4.95. The third kappa shape index (κ3) is 5.04. The number of benzene rings is 1. The van der Waals surface area contributed by atoms with E-state index in [2.05, 4.69) is 11.4 Å². The van der Waals surface area contributed by atoms with Crippen molar-refractivity contribution < 1.29 is 4.79 Å². The molecule has 150 valence electrons. The number of thioether (sulfide) groups is 1. The Morgan fingerprint density at radius 3 is 2.75 bits per heavy atom. The number of nitrogens with one attached hydrogen (secondary N) is 1. The monoisotopic (exact) mass is 399 g/mol. The molecule has 28 heavy (non-hydrogen) atoms. The van der Waals surface area contributed by atoms with Crippen molar-refractivity contribution in [2.24, 2.45) is 0 Å². The molecule has 0 saturated carbocycles. The third-order valence-corrected chi connectivity index (χ3v) is 6.04. The normalized spacial score (nSPS) is 15.5. The molecule has 1 aliphatic carbocycles. The van der Waals surface area contributed by atoms with E-state index in [1.54, 1.807) is 4.57 Å². The van der Waals surface area contributed by atoms with Gasteiger partial charge in [-0.2, -0.15) is 0 Å². The van der Waals surface area contributed by atoms with E-state index in [0.29, 0.717) is 22.6 Å². The minimum atomic E-state index is -0.324. The van der Waals surface area contributed by atoms with E-state index < -0.39 is 0 Å². The van der Waals surface area contributed by atoms with Crippen molar-refractivity contribution >= 4 is 28.6 Å². The van der Waals surface area contributed by atoms with Crippen molar-refractivity contribution in [2.45, 2.75) is 75.9 Å². The summed E-state index contributed by atoms with van der Waals surface area (Å²) in [7, 11) is 0. The van der Waals surface area contributed by atoms with E-state index in [0.717, 1.165) is 19.3 Å². The van der Waals surface area contributed by atoms with Gasteiger partial charge in [-0.3, -0.25) is 14.2 Å². The van der Waals surface area contributed by atoms with Gasteiger partial charge in [-0.05, 0) is 65.0 Å². The highest BCUT2D eigenvalue weighted by Crippen LogP contribution is 2.25. The fourth-order valence-electron chi connectivity index (χ4n) is 3.44. The number of amides is 1. The van der Waals surface area contributed by atoms with Gasteiger partial charge in [0.15, 0.2) is 5.16 Å². The van der Waals surface area contributed by atoms with Crippen LogP contribution in [-0.2, 0) is 11.3 Å². The molecule has 2 aromatic rings. The number of allylic oxidation sites excluding steroid dienone is 2. The Hall–Kier alpha value is -2.08. The zero-order chi connectivity index (χ0) is 20.1. The molecule has 0 spiro atoms. The van der Waals surface area contributed by atoms with Gasteiger partial charge >= 0.3 is 0 Å². The lowest BCUT2D eigenvalue weighted by Crippen LogP contribution is -2.36. The van der Waals surface area contributed by atoms with Gasteiger partial charge in [-0.1, -0.05) is 35.5 Å². The summed E-state index contributed by atoms with van der Waals surface area (Å²) >= 11 is 1.36. The molecule has 1 aromatic heterocycles. The zero-order valence-corrected chi connectivity index (χ0v) is 17.7. The fourth-order valence-corrected chi connectivity index (χ4v) is 4.38. The van der Waals surface area contributed by atoms with Crippen LogP contribution in [0, 0.1) is 0 Å². The molecule has 5 nitrogen and oxygen atoms in total. The molecular formula is C22H29N3O2S. The van der Waals surface area contributed by atoms with E-state index in [-0.39, 0.29) is 22.8 Å². The molecule has 1 unspecified atom stereocenters. The Balaban J connectivity index is 1.91. The highest BCUT2D eigenvalue weighted by Gasteiger charge is 2.20. The van der Waals surface area contributed by atoms with Crippen LogP contribution in [0.3, 0.4) is 0 Å². The first-order valence-electron chi connectivity index (χ1n) is 10.1. The van der Waals surface area contributed by atoms with E-state index in [9.17, 15) is 9.59 Å². The van der Waals surface area contributed by atoms with Crippen molar-refractivity contribution in [3.8, 4) is 0 Å². The van der Waals surface area contributed by atoms with Gasteiger partial charge in [0.05, 0.1) is 16.2 Å². The maximum atomic E-state index is 13.1. The lowest BCUT2D eigenvalue weighted by atomic mass is 9.97. The molecule has 1 N–H and O–H groups in total. The van der Waals surface area contributed by atoms with Crippen LogP contribution < -0.4 is 10.9 Å². The van der Waals surface area contributed by atoms with E-state index >= 15 is 0 Å². The highest BCUT2D eigenvalue weighted by atomic mass is 32.2. The molecule has 0 aliphatic heterocycles. The Labute approximate surface area is 170 Å². The van der Waals surface area contributed by atoms with E-state index in [1.165, 1.54) is 30.2 Å². The maximum Gasteiger partial charge on any atom is 0.262 e. The Bertz CT molecular complexity index is 933. The van der Waals surface area contributed by atoms with Crippen LogP contribution in [0.5, 0.6) is 0 Å². The second-order valence-electron chi connectivity index (χ2n) is 7.65. The summed E-state index contributed by atoms with van der Waals surface area (Å²) < 4.78 is 1.75. The first kappa shape index (κ1) is 20.6. The molecule has 1 atom stereocenters. The Morgan fingerprint density at radius 1 is 1.25 bits per heavy atom. The van der Waals surface area contributed by atoms with Crippen LogP contribution in [0.1, 0.15) is 52.9 Å². The smallest absolute Gasteiger partial charge is 0.262 e. The molecular weight excluding hydrogens is 370 g/mol. The second-order valence-corrected chi connectivity index (χ2v) is 8.96. The highest BCUT2D eigenvalue weighted by molar-refractivity contribution is 8.00. The maximum absolute atomic E-state index is 13.1. The molecule has 1 aliphatic rings. The summed E-state index contributed by atoms with van der Waals surface area (Å²) in [6, 6.07) is 7.51. The predicted octanol–water partition coefficient (Wildman–Crippen LogP) is 4.29. The van der Waals surface area contributed by atoms with Crippen molar-refractivity contribution in [1.29, 1.82) is 0 Å². The number of rotatable bonds is 7. The largest absolute Gasteiger partial charge is 0.353 e. The summed E-state index contributed by atoms with van der Waals surface area (Å²) in [5, 5.41) is 3.86. The molecule has 3 rings (SSSR count). The molecule has 0 fully saturated rings. The van der Waals surface area contributed by atoms with Gasteiger partial charge < -0.3 is 5.32 Å². The standard InChI is InChI=1S/C22H29N3O2S/c1-15(2)23-20(26)16(3)28-22-24-19-12-8-7-11-18(19)21(27)25(22)14-13-17-9-5-4-6-10-17/h7-9,11-12,15-16H,4-6,10,13-14H2,1-3H3,(H,23,26). The first-order valence-corrected chi connectivity index (χ1v) is 11.0. The van der Waals surface area contributed by atoms with Gasteiger partial charge in [0.1, 0.15) is 0 Å². The zero-order valence-electron chi connectivity index (χ0n) is 16.9. The summed E-state index contributed by atoms with van der Waals surface area (Å²) in [6.07, 6.45) is 7.91. The number of aromatic nitrogens is 2. The number of fused-ring (bicyclic) bond motifs is 1. The van der Waals surface area contributed by atoms with Gasteiger partial charge in [-0.25, -0.2) is 4.98 Å². The van der Waals surface area contributed by atoms with Crippen molar-refractivity contribution in [3.63, 3.8) is 0 Å². The fraction of sp³-hybridized carbons (Fsp3) is 0.500. The van der Waals surface area contributed by atoms with E-state index in [1.807, 2.05) is 45.0 Å². The molecule has 1 heterocycles. The van der Waals surface area contributed by atoms with Crippen LogP contribution in [0.15, 0.2) is 45.9 Å². The van der Waals surface area contributed by atoms with Gasteiger partial charge in [0, 0.05) is 12.6 Å². The number of nitrogens with zero attached hydrogens (tertiary/aromatic N) is 2. The second kappa shape index (κ2) is 9.41. The first-order chi connectivity index (χ1) is 13.5. The average Bonchev–Trinajstić information content (AvgIpc) is 2.68. The van der Waals surface area contributed by atoms with Crippen LogP contribution in [0.25, 0.3) is 10.9 Å². The minimum Gasteiger partial charge on any atom is -0.353 e. The Morgan fingerprint density at radius 2 is 2.04 bits per heavy atom. The average molecular weight is 400 g/mol. The molecule has 0 saturated heterocycles. The molecule has 1 aromatic carbocycles. The lowest BCUT2D eigenvalue weighted by molar-refractivity contribution is -0.120. The number of carbonyl (C=O) groups excluding carboxylic acids is 1. The molecule has 0 bridgehead atoms. The number of carbonyl (C=O) groups is 1. The predicted molar refractivity (Wildman–Crippen MR) is 116 cm³/mol. The van der Waals surface area contributed by atoms with Crippen molar-refractivity contribution in [1.82, 2.24) is 14.9 Å². The lowest BCUT2D eigenvalue weighted by Gasteiger charge is -2.18. The topological polar surface area (TPSA) is 64.0 Å². The van der Waals surface area contributed by atoms with Crippen LogP contribution in [-0.4, -0.2) is 26.8 Å². The van der Waals surface area contributed by atoms with Gasteiger partial charge in [0.2, 0.25) is 5.91 Å². The summed E-state index contributed by atoms with van der Waals surface area (Å²) in [5.41, 5.74) is 2.08. The number of hydrogen-bond donors (Lipinski definition) is 1. The van der Waals surface area contributed by atoms with Crippen LogP contribution in [0.4, 0.5) is 0 Å². The molecule has 0 radical (unpaired) electrons. The quantitative estimate of drug-likeness (QED) is 0.428. The summed E-state index contributed by atoms with van der Waals surface area (Å²) in [4.78, 5) is 30.2. The molecule has 6 heteroatoms. The van der Waals surface area contributed by atoms with Crippen molar-refractivity contribution in [2.75, 3.05) is 0 Å². The summed E-state index contributed by atoms with van der Waals surface area (Å²) in [6.45, 7) is 6.34. The van der Waals surface area contributed by atoms with Crippen LogP contribution in [0.2, 0.25) is 0 Å². The van der Waals surface area contributed by atoms with Gasteiger partial charge in [-0.15, -0.1) is 0 Å². The van der Waals surface area contributed by atoms with Gasteiger partial charge in [0.25, 0.3) is 5.56 Å². The van der Waals surface area contributed by atoms with Crippen LogP contribution >= 0.6 is 11.8 Å².